The van der Waals surface area contributed by atoms with Crippen LogP contribution in [0.1, 0.15) is 24.0 Å². The van der Waals surface area contributed by atoms with E-state index in [2.05, 4.69) is 10.0 Å². The van der Waals surface area contributed by atoms with Crippen molar-refractivity contribution in [3.05, 3.63) is 23.3 Å². The van der Waals surface area contributed by atoms with Gasteiger partial charge in [-0.05, 0) is 49.9 Å². The van der Waals surface area contributed by atoms with Gasteiger partial charge in [0.25, 0.3) is 0 Å². The summed E-state index contributed by atoms with van der Waals surface area (Å²) in [5.41, 5.74) is 7.47. The number of hydrogen-bond donors (Lipinski definition) is 3. The minimum Gasteiger partial charge on any atom is -0.399 e. The van der Waals surface area contributed by atoms with E-state index >= 15 is 0 Å². The van der Waals surface area contributed by atoms with Crippen LogP contribution in [0, 0.1) is 19.8 Å². The number of rotatable bonds is 6. The maximum absolute atomic E-state index is 12.3. The summed E-state index contributed by atoms with van der Waals surface area (Å²) < 4.78 is 27.1. The molecule has 2 rings (SSSR count). The van der Waals surface area contributed by atoms with Crippen molar-refractivity contribution < 1.29 is 13.2 Å². The minimum absolute atomic E-state index is 0.00837. The summed E-state index contributed by atoms with van der Waals surface area (Å²) in [6.45, 7) is 3.89. The van der Waals surface area contributed by atoms with Crippen LogP contribution in [0.25, 0.3) is 0 Å². The second kappa shape index (κ2) is 6.03. The van der Waals surface area contributed by atoms with Crippen LogP contribution in [0.3, 0.4) is 0 Å². The zero-order chi connectivity index (χ0) is 15.6. The lowest BCUT2D eigenvalue weighted by Gasteiger charge is -2.13. The first-order valence-electron chi connectivity index (χ1n) is 6.95. The molecule has 0 heterocycles. The summed E-state index contributed by atoms with van der Waals surface area (Å²) >= 11 is 0. The molecular formula is C14H21N3O3S. The van der Waals surface area contributed by atoms with Crippen molar-refractivity contribution in [2.45, 2.75) is 31.6 Å². The van der Waals surface area contributed by atoms with Gasteiger partial charge in [0.1, 0.15) is 0 Å². The van der Waals surface area contributed by atoms with Crippen LogP contribution >= 0.6 is 0 Å². The Balaban J connectivity index is 1.96. The molecule has 116 valence electrons. The maximum Gasteiger partial charge on any atom is 0.241 e. The standard InChI is InChI=1S/C14H21N3O3S/c1-9-7-12(15)8-10(2)13(9)21(19,20)17-6-5-16-14(18)11-3-4-11/h7-8,11,17H,3-6,15H2,1-2H3,(H,16,18). The van der Waals surface area contributed by atoms with E-state index in [4.69, 9.17) is 5.73 Å². The number of nitrogens with two attached hydrogens (primary N) is 1. The molecule has 0 bridgehead atoms. The van der Waals surface area contributed by atoms with Gasteiger partial charge in [-0.25, -0.2) is 13.1 Å². The molecule has 7 heteroatoms. The highest BCUT2D eigenvalue weighted by molar-refractivity contribution is 7.89. The van der Waals surface area contributed by atoms with Crippen LogP contribution in [-0.2, 0) is 14.8 Å². The number of nitrogens with one attached hydrogen (secondary N) is 2. The first-order chi connectivity index (χ1) is 9.81. The van der Waals surface area contributed by atoms with Gasteiger partial charge in [0.2, 0.25) is 15.9 Å². The number of amides is 1. The summed E-state index contributed by atoms with van der Waals surface area (Å²) in [6.07, 6.45) is 1.86. The molecule has 0 aliphatic heterocycles. The van der Waals surface area contributed by atoms with Gasteiger partial charge in [0.15, 0.2) is 0 Å². The number of carbonyl (C=O) groups excluding carboxylic acids is 1. The predicted molar refractivity (Wildman–Crippen MR) is 81.3 cm³/mol. The van der Waals surface area contributed by atoms with Crippen molar-refractivity contribution in [3.63, 3.8) is 0 Å². The SMILES string of the molecule is Cc1cc(N)cc(C)c1S(=O)(=O)NCCNC(=O)C1CC1. The van der Waals surface area contributed by atoms with Crippen molar-refractivity contribution in [1.29, 1.82) is 0 Å². The number of anilines is 1. The van der Waals surface area contributed by atoms with E-state index in [1.54, 1.807) is 26.0 Å². The molecule has 6 nitrogen and oxygen atoms in total. The average Bonchev–Trinajstić information content (AvgIpc) is 3.16. The molecule has 1 aromatic carbocycles. The Labute approximate surface area is 125 Å². The van der Waals surface area contributed by atoms with Crippen molar-refractivity contribution in [2.75, 3.05) is 18.8 Å². The minimum atomic E-state index is -3.60. The van der Waals surface area contributed by atoms with Gasteiger partial charge < -0.3 is 11.1 Å². The van der Waals surface area contributed by atoms with Gasteiger partial charge >= 0.3 is 0 Å². The van der Waals surface area contributed by atoms with Crippen LogP contribution in [-0.4, -0.2) is 27.4 Å². The molecule has 0 radical (unpaired) electrons. The first-order valence-corrected chi connectivity index (χ1v) is 8.43. The molecule has 21 heavy (non-hydrogen) atoms. The second-order valence-corrected chi connectivity index (χ2v) is 7.15. The fourth-order valence-electron chi connectivity index (χ4n) is 2.34. The van der Waals surface area contributed by atoms with Gasteiger partial charge in [0.05, 0.1) is 4.90 Å². The van der Waals surface area contributed by atoms with Gasteiger partial charge in [-0.1, -0.05) is 0 Å². The normalized spacial score (nSPS) is 15.0. The van der Waals surface area contributed by atoms with Crippen LogP contribution in [0.5, 0.6) is 0 Å². The zero-order valence-electron chi connectivity index (χ0n) is 12.3. The monoisotopic (exact) mass is 311 g/mol. The fraction of sp³-hybridized carbons (Fsp3) is 0.500. The van der Waals surface area contributed by atoms with Crippen LogP contribution in [0.4, 0.5) is 5.69 Å². The molecule has 4 N–H and O–H groups in total. The molecule has 0 aromatic heterocycles. The Hall–Kier alpha value is -1.60. The Morgan fingerprint density at radius 2 is 1.81 bits per heavy atom. The van der Waals surface area contributed by atoms with E-state index in [0.717, 1.165) is 12.8 Å². The zero-order valence-corrected chi connectivity index (χ0v) is 13.1. The van der Waals surface area contributed by atoms with Crippen molar-refractivity contribution in [1.82, 2.24) is 10.0 Å². The molecule has 1 aliphatic rings. The van der Waals surface area contributed by atoms with Crippen LogP contribution < -0.4 is 15.8 Å². The Morgan fingerprint density at radius 3 is 2.33 bits per heavy atom. The highest BCUT2D eigenvalue weighted by Crippen LogP contribution is 2.28. The van der Waals surface area contributed by atoms with E-state index in [-0.39, 0.29) is 23.3 Å². The van der Waals surface area contributed by atoms with Crippen LogP contribution in [0.15, 0.2) is 17.0 Å². The van der Waals surface area contributed by atoms with Crippen molar-refractivity contribution >= 4 is 21.6 Å². The lowest BCUT2D eigenvalue weighted by molar-refractivity contribution is -0.122. The first kappa shape index (κ1) is 15.8. The van der Waals surface area contributed by atoms with Crippen LogP contribution in [0.2, 0.25) is 0 Å². The third-order valence-corrected chi connectivity index (χ3v) is 5.18. The van der Waals surface area contributed by atoms with Gasteiger partial charge in [0, 0.05) is 24.7 Å². The Kier molecular flexibility index (Phi) is 4.53. The number of aryl methyl sites for hydroxylation is 2. The smallest absolute Gasteiger partial charge is 0.241 e. The highest BCUT2D eigenvalue weighted by atomic mass is 32.2. The summed E-state index contributed by atoms with van der Waals surface area (Å²) in [7, 11) is -3.60. The molecule has 0 unspecified atom stereocenters. The van der Waals surface area contributed by atoms with E-state index in [9.17, 15) is 13.2 Å². The fourth-order valence-corrected chi connectivity index (χ4v) is 3.82. The van der Waals surface area contributed by atoms with Gasteiger partial charge in [-0.15, -0.1) is 0 Å². The quantitative estimate of drug-likeness (QED) is 0.531. The molecule has 0 atom stereocenters. The largest absolute Gasteiger partial charge is 0.399 e. The van der Waals surface area contributed by atoms with E-state index < -0.39 is 10.0 Å². The summed E-state index contributed by atoms with van der Waals surface area (Å²) in [5.74, 6) is 0.136. The molecule has 1 aromatic rings. The summed E-state index contributed by atoms with van der Waals surface area (Å²) in [5, 5.41) is 2.72. The molecule has 1 aliphatic carbocycles. The average molecular weight is 311 g/mol. The highest BCUT2D eigenvalue weighted by Gasteiger charge is 2.29. The second-order valence-electron chi connectivity index (χ2n) is 5.45. The molecule has 0 saturated heterocycles. The predicted octanol–water partition coefficient (Wildman–Crippen LogP) is 0.690. The third-order valence-electron chi connectivity index (χ3n) is 3.42. The molecular weight excluding hydrogens is 290 g/mol. The van der Waals surface area contributed by atoms with Gasteiger partial charge in [-0.3, -0.25) is 4.79 Å². The van der Waals surface area contributed by atoms with E-state index in [1.807, 2.05) is 0 Å². The summed E-state index contributed by atoms with van der Waals surface area (Å²) in [6, 6.07) is 3.27. The topological polar surface area (TPSA) is 101 Å². The number of nitrogen functional groups attached to an aromatic ring is 1. The summed E-state index contributed by atoms with van der Waals surface area (Å²) in [4.78, 5) is 11.7. The Morgan fingerprint density at radius 1 is 1.24 bits per heavy atom. The van der Waals surface area contributed by atoms with Crippen molar-refractivity contribution in [3.8, 4) is 0 Å². The van der Waals surface area contributed by atoms with E-state index in [1.165, 1.54) is 0 Å². The third kappa shape index (κ3) is 3.95. The lowest BCUT2D eigenvalue weighted by Crippen LogP contribution is -2.35. The molecule has 1 saturated carbocycles. The lowest BCUT2D eigenvalue weighted by atomic mass is 10.1. The van der Waals surface area contributed by atoms with Crippen molar-refractivity contribution in [2.24, 2.45) is 5.92 Å². The van der Waals surface area contributed by atoms with Gasteiger partial charge in [-0.2, -0.15) is 0 Å². The number of hydrogen-bond acceptors (Lipinski definition) is 4. The molecule has 1 fully saturated rings. The number of carbonyl (C=O) groups is 1. The Bertz CT molecular complexity index is 628. The maximum atomic E-state index is 12.3. The molecule has 1 amide bonds. The molecule has 0 spiro atoms. The van der Waals surface area contributed by atoms with E-state index in [0.29, 0.717) is 23.4 Å². The number of sulfonamides is 1. The number of benzene rings is 1.